The highest BCUT2D eigenvalue weighted by atomic mass is 16.5. The largest absolute Gasteiger partial charge is 0.507 e. The van der Waals surface area contributed by atoms with Crippen molar-refractivity contribution in [1.29, 1.82) is 0 Å². The van der Waals surface area contributed by atoms with Gasteiger partial charge in [-0.25, -0.2) is 0 Å². The Labute approximate surface area is 168 Å². The molecule has 3 aromatic rings. The summed E-state index contributed by atoms with van der Waals surface area (Å²) in [7, 11) is 1.59. The number of rotatable bonds is 5. The zero-order chi connectivity index (χ0) is 20.5. The SMILES string of the molecule is COc1ccc(-n2c(C(=O)NC(C)C)nnc2-c2cc3c(cc2O)OCC3)cc1. The predicted octanol–water partition coefficient (Wildman–Crippen LogP) is 2.72. The third-order valence-corrected chi connectivity index (χ3v) is 4.67. The summed E-state index contributed by atoms with van der Waals surface area (Å²) in [5, 5.41) is 21.8. The van der Waals surface area contributed by atoms with Crippen LogP contribution in [0.1, 0.15) is 30.0 Å². The lowest BCUT2D eigenvalue weighted by molar-refractivity contribution is 0.0930. The fraction of sp³-hybridized carbons (Fsp3) is 0.286. The fourth-order valence-electron chi connectivity index (χ4n) is 3.30. The Balaban J connectivity index is 1.88. The predicted molar refractivity (Wildman–Crippen MR) is 107 cm³/mol. The maximum absolute atomic E-state index is 12.7. The molecule has 0 bridgehead atoms. The summed E-state index contributed by atoms with van der Waals surface area (Å²) in [6, 6.07) is 10.6. The molecule has 0 spiro atoms. The molecular weight excluding hydrogens is 372 g/mol. The van der Waals surface area contributed by atoms with Crippen LogP contribution in [0.4, 0.5) is 0 Å². The van der Waals surface area contributed by atoms with Crippen LogP contribution in [0.15, 0.2) is 36.4 Å². The van der Waals surface area contributed by atoms with Crippen LogP contribution in [-0.4, -0.2) is 45.5 Å². The highest BCUT2D eigenvalue weighted by Gasteiger charge is 2.25. The van der Waals surface area contributed by atoms with Gasteiger partial charge in [0.15, 0.2) is 5.82 Å². The van der Waals surface area contributed by atoms with Gasteiger partial charge in [-0.3, -0.25) is 9.36 Å². The zero-order valence-electron chi connectivity index (χ0n) is 16.5. The molecule has 1 amide bonds. The Bertz CT molecular complexity index is 1060. The van der Waals surface area contributed by atoms with E-state index in [0.717, 1.165) is 12.0 Å². The van der Waals surface area contributed by atoms with Gasteiger partial charge in [-0.2, -0.15) is 0 Å². The van der Waals surface area contributed by atoms with E-state index >= 15 is 0 Å². The van der Waals surface area contributed by atoms with Gasteiger partial charge < -0.3 is 19.9 Å². The second kappa shape index (κ2) is 7.46. The number of phenolic OH excluding ortho intramolecular Hbond substituents is 1. The number of nitrogens with zero attached hydrogens (tertiary/aromatic N) is 3. The van der Waals surface area contributed by atoms with E-state index in [1.807, 2.05) is 32.0 Å². The second-order valence-corrected chi connectivity index (χ2v) is 7.08. The molecule has 0 radical (unpaired) electrons. The van der Waals surface area contributed by atoms with Gasteiger partial charge in [0.05, 0.1) is 19.3 Å². The number of ether oxygens (including phenoxy) is 2. The molecule has 2 heterocycles. The first-order chi connectivity index (χ1) is 14.0. The van der Waals surface area contributed by atoms with E-state index in [-0.39, 0.29) is 23.5 Å². The van der Waals surface area contributed by atoms with Crippen molar-refractivity contribution < 1.29 is 19.4 Å². The molecule has 8 nitrogen and oxygen atoms in total. The topological polar surface area (TPSA) is 98.5 Å². The van der Waals surface area contributed by atoms with Crippen LogP contribution in [-0.2, 0) is 6.42 Å². The Morgan fingerprint density at radius 2 is 2.00 bits per heavy atom. The van der Waals surface area contributed by atoms with Gasteiger partial charge in [0.25, 0.3) is 5.91 Å². The van der Waals surface area contributed by atoms with E-state index in [4.69, 9.17) is 9.47 Å². The number of carbonyl (C=O) groups is 1. The maximum Gasteiger partial charge on any atom is 0.289 e. The molecule has 1 aromatic heterocycles. The van der Waals surface area contributed by atoms with Gasteiger partial charge in [-0.15, -0.1) is 10.2 Å². The summed E-state index contributed by atoms with van der Waals surface area (Å²) < 4.78 is 12.4. The highest BCUT2D eigenvalue weighted by molar-refractivity contribution is 5.92. The Morgan fingerprint density at radius 3 is 2.69 bits per heavy atom. The van der Waals surface area contributed by atoms with Crippen LogP contribution in [0.5, 0.6) is 17.2 Å². The lowest BCUT2D eigenvalue weighted by atomic mass is 10.1. The lowest BCUT2D eigenvalue weighted by Crippen LogP contribution is -2.32. The van der Waals surface area contributed by atoms with Gasteiger partial charge in [0.2, 0.25) is 5.82 Å². The van der Waals surface area contributed by atoms with Crippen molar-refractivity contribution >= 4 is 5.91 Å². The maximum atomic E-state index is 12.7. The van der Waals surface area contributed by atoms with Gasteiger partial charge in [-0.05, 0) is 49.7 Å². The summed E-state index contributed by atoms with van der Waals surface area (Å²) in [6.07, 6.45) is 0.750. The van der Waals surface area contributed by atoms with E-state index in [1.165, 1.54) is 0 Å². The Morgan fingerprint density at radius 1 is 1.24 bits per heavy atom. The number of hydrogen-bond acceptors (Lipinski definition) is 6. The summed E-state index contributed by atoms with van der Waals surface area (Å²) >= 11 is 0. The molecule has 0 fully saturated rings. The van der Waals surface area contributed by atoms with Crippen LogP contribution in [0, 0.1) is 0 Å². The number of aromatic nitrogens is 3. The molecule has 150 valence electrons. The average molecular weight is 394 g/mol. The molecule has 2 N–H and O–H groups in total. The molecule has 0 saturated carbocycles. The third kappa shape index (κ3) is 3.49. The number of aromatic hydroxyl groups is 1. The highest BCUT2D eigenvalue weighted by Crippen LogP contribution is 2.38. The molecule has 4 rings (SSSR count). The zero-order valence-corrected chi connectivity index (χ0v) is 16.5. The first-order valence-electron chi connectivity index (χ1n) is 9.37. The van der Waals surface area contributed by atoms with Crippen LogP contribution >= 0.6 is 0 Å². The lowest BCUT2D eigenvalue weighted by Gasteiger charge is -2.14. The van der Waals surface area contributed by atoms with Crippen molar-refractivity contribution in [2.45, 2.75) is 26.3 Å². The first-order valence-corrected chi connectivity index (χ1v) is 9.37. The number of carbonyl (C=O) groups excluding carboxylic acids is 1. The van der Waals surface area contributed by atoms with Crippen LogP contribution in [0.3, 0.4) is 0 Å². The molecule has 1 aliphatic rings. The molecule has 8 heteroatoms. The fourth-order valence-corrected chi connectivity index (χ4v) is 3.30. The summed E-state index contributed by atoms with van der Waals surface area (Å²) in [5.41, 5.74) is 2.15. The van der Waals surface area contributed by atoms with E-state index in [0.29, 0.717) is 35.2 Å². The van der Waals surface area contributed by atoms with Crippen molar-refractivity contribution in [2.24, 2.45) is 0 Å². The molecule has 0 aliphatic carbocycles. The van der Waals surface area contributed by atoms with Crippen molar-refractivity contribution in [3.63, 3.8) is 0 Å². The van der Waals surface area contributed by atoms with Crippen molar-refractivity contribution in [3.8, 4) is 34.3 Å². The molecule has 29 heavy (non-hydrogen) atoms. The minimum atomic E-state index is -0.349. The average Bonchev–Trinajstić information content (AvgIpc) is 3.33. The van der Waals surface area contributed by atoms with E-state index < -0.39 is 0 Å². The van der Waals surface area contributed by atoms with Gasteiger partial charge >= 0.3 is 0 Å². The Hall–Kier alpha value is -3.55. The number of phenols is 1. The summed E-state index contributed by atoms with van der Waals surface area (Å²) in [6.45, 7) is 4.32. The van der Waals surface area contributed by atoms with Crippen LogP contribution in [0.2, 0.25) is 0 Å². The van der Waals surface area contributed by atoms with Crippen LogP contribution < -0.4 is 14.8 Å². The number of benzene rings is 2. The van der Waals surface area contributed by atoms with Crippen molar-refractivity contribution in [1.82, 2.24) is 20.1 Å². The van der Waals surface area contributed by atoms with Crippen molar-refractivity contribution in [3.05, 3.63) is 47.8 Å². The van der Waals surface area contributed by atoms with E-state index in [9.17, 15) is 9.90 Å². The minimum Gasteiger partial charge on any atom is -0.507 e. The molecule has 0 atom stereocenters. The minimum absolute atomic E-state index is 0.0172. The van der Waals surface area contributed by atoms with E-state index in [1.54, 1.807) is 29.9 Å². The number of amides is 1. The smallest absolute Gasteiger partial charge is 0.289 e. The van der Waals surface area contributed by atoms with Crippen LogP contribution in [0.25, 0.3) is 17.1 Å². The molecule has 2 aromatic carbocycles. The molecule has 0 unspecified atom stereocenters. The Kier molecular flexibility index (Phi) is 4.84. The monoisotopic (exact) mass is 394 g/mol. The molecule has 1 aliphatic heterocycles. The van der Waals surface area contributed by atoms with Gasteiger partial charge in [-0.1, -0.05) is 0 Å². The van der Waals surface area contributed by atoms with Gasteiger partial charge in [0, 0.05) is 24.2 Å². The first kappa shape index (κ1) is 18.8. The standard InChI is InChI=1S/C21H22N4O4/c1-12(2)22-21(27)20-24-23-19(25(20)14-4-6-15(28-3)7-5-14)16-10-13-8-9-29-18(13)11-17(16)26/h4-7,10-12,26H,8-9H2,1-3H3,(H,22,27). The number of methoxy groups -OCH3 is 1. The number of hydrogen-bond donors (Lipinski definition) is 2. The molecule has 0 saturated heterocycles. The van der Waals surface area contributed by atoms with Gasteiger partial charge in [0.1, 0.15) is 17.2 Å². The quantitative estimate of drug-likeness (QED) is 0.690. The number of fused-ring (bicyclic) bond motifs is 1. The normalized spacial score (nSPS) is 12.6. The summed E-state index contributed by atoms with van der Waals surface area (Å²) in [4.78, 5) is 12.7. The van der Waals surface area contributed by atoms with E-state index in [2.05, 4.69) is 15.5 Å². The number of nitrogens with one attached hydrogen (secondary N) is 1. The summed E-state index contributed by atoms with van der Waals surface area (Å²) in [5.74, 6) is 1.53. The van der Waals surface area contributed by atoms with Crippen molar-refractivity contribution in [2.75, 3.05) is 13.7 Å². The molecular formula is C21H22N4O4. The second-order valence-electron chi connectivity index (χ2n) is 7.08. The third-order valence-electron chi connectivity index (χ3n) is 4.67.